The molecule has 0 atom stereocenters. The molecule has 3 aliphatic rings. The summed E-state index contributed by atoms with van der Waals surface area (Å²) in [5, 5.41) is 3.06. The van der Waals surface area contributed by atoms with Crippen LogP contribution in [-0.2, 0) is 4.79 Å². The molecule has 166 valence electrons. The summed E-state index contributed by atoms with van der Waals surface area (Å²) in [6.45, 7) is 7.95. The molecule has 1 aromatic heterocycles. The van der Waals surface area contributed by atoms with E-state index in [1.165, 1.54) is 19.3 Å². The van der Waals surface area contributed by atoms with Crippen LogP contribution in [-0.4, -0.2) is 51.8 Å². The van der Waals surface area contributed by atoms with Crippen LogP contribution in [0.1, 0.15) is 106 Å². The van der Waals surface area contributed by atoms with Crippen LogP contribution in [0.2, 0.25) is 0 Å². The average Bonchev–Trinajstić information content (AvgIpc) is 3.42. The van der Waals surface area contributed by atoms with Crippen molar-refractivity contribution in [3.8, 4) is 0 Å². The zero-order valence-electron chi connectivity index (χ0n) is 18.9. The Labute approximate surface area is 185 Å². The van der Waals surface area contributed by atoms with Crippen molar-refractivity contribution in [1.82, 2.24) is 14.8 Å². The van der Waals surface area contributed by atoms with Gasteiger partial charge in [-0.15, -0.1) is 11.3 Å². The molecule has 0 N–H and O–H groups in total. The number of rotatable bonds is 5. The van der Waals surface area contributed by atoms with Gasteiger partial charge in [0.15, 0.2) is 0 Å². The lowest BCUT2D eigenvalue weighted by Gasteiger charge is -2.34. The number of hydrogen-bond acceptors (Lipinski definition) is 4. The minimum absolute atomic E-state index is 0.0320. The SMILES string of the molecule is CC(C)(C)CC(=O)N1CCC(c2nc(C(=O)N(C3CCCCC3)C3CC3)cs2)CC1. The number of amides is 2. The predicted molar refractivity (Wildman–Crippen MR) is 121 cm³/mol. The first-order chi connectivity index (χ1) is 14.3. The molecule has 1 aromatic rings. The topological polar surface area (TPSA) is 53.5 Å². The van der Waals surface area contributed by atoms with Crippen LogP contribution in [0.5, 0.6) is 0 Å². The van der Waals surface area contributed by atoms with Gasteiger partial charge in [0, 0.05) is 42.9 Å². The molecule has 0 unspecified atom stereocenters. The van der Waals surface area contributed by atoms with Crippen LogP contribution >= 0.6 is 11.3 Å². The van der Waals surface area contributed by atoms with E-state index in [1.54, 1.807) is 11.3 Å². The highest BCUT2D eigenvalue weighted by atomic mass is 32.1. The first kappa shape index (κ1) is 21.8. The van der Waals surface area contributed by atoms with Gasteiger partial charge in [0.05, 0.1) is 5.01 Å². The number of carbonyl (C=O) groups excluding carboxylic acids is 2. The van der Waals surface area contributed by atoms with Gasteiger partial charge in [-0.25, -0.2) is 4.98 Å². The molecule has 6 heteroatoms. The maximum atomic E-state index is 13.3. The van der Waals surface area contributed by atoms with Gasteiger partial charge in [0.1, 0.15) is 5.69 Å². The van der Waals surface area contributed by atoms with E-state index in [9.17, 15) is 9.59 Å². The molecule has 0 bridgehead atoms. The maximum Gasteiger partial charge on any atom is 0.273 e. The summed E-state index contributed by atoms with van der Waals surface area (Å²) in [6.07, 6.45) is 10.9. The Morgan fingerprint density at radius 1 is 1.03 bits per heavy atom. The van der Waals surface area contributed by atoms with Crippen molar-refractivity contribution in [2.24, 2.45) is 5.41 Å². The van der Waals surface area contributed by atoms with Crippen molar-refractivity contribution in [3.63, 3.8) is 0 Å². The van der Waals surface area contributed by atoms with Crippen molar-refractivity contribution in [3.05, 3.63) is 16.1 Å². The highest BCUT2D eigenvalue weighted by Crippen LogP contribution is 2.36. The molecular weight excluding hydrogens is 394 g/mol. The molecule has 5 nitrogen and oxygen atoms in total. The Morgan fingerprint density at radius 3 is 2.27 bits per heavy atom. The Kier molecular flexibility index (Phi) is 6.52. The predicted octanol–water partition coefficient (Wildman–Crippen LogP) is 5.22. The fourth-order valence-electron chi connectivity index (χ4n) is 4.99. The number of likely N-dealkylation sites (tertiary alicyclic amines) is 1. The van der Waals surface area contributed by atoms with Crippen LogP contribution in [0.15, 0.2) is 5.38 Å². The molecule has 30 heavy (non-hydrogen) atoms. The van der Waals surface area contributed by atoms with E-state index in [-0.39, 0.29) is 17.2 Å². The van der Waals surface area contributed by atoms with Crippen LogP contribution in [0.3, 0.4) is 0 Å². The first-order valence-corrected chi connectivity index (χ1v) is 12.8. The lowest BCUT2D eigenvalue weighted by Crippen LogP contribution is -2.43. The molecule has 1 saturated heterocycles. The minimum atomic E-state index is 0.0320. The van der Waals surface area contributed by atoms with Crippen LogP contribution < -0.4 is 0 Å². The number of piperidine rings is 1. The quantitative estimate of drug-likeness (QED) is 0.642. The van der Waals surface area contributed by atoms with Crippen LogP contribution in [0, 0.1) is 5.41 Å². The van der Waals surface area contributed by atoms with Crippen LogP contribution in [0.4, 0.5) is 0 Å². The highest BCUT2D eigenvalue weighted by Gasteiger charge is 2.39. The third-order valence-corrected chi connectivity index (χ3v) is 7.77. The Morgan fingerprint density at radius 2 is 1.67 bits per heavy atom. The van der Waals surface area contributed by atoms with Gasteiger partial charge in [-0.05, 0) is 43.9 Å². The summed E-state index contributed by atoms with van der Waals surface area (Å²) in [5.41, 5.74) is 0.684. The fourth-order valence-corrected chi connectivity index (χ4v) is 5.95. The van der Waals surface area contributed by atoms with Crippen molar-refractivity contribution in [1.29, 1.82) is 0 Å². The summed E-state index contributed by atoms with van der Waals surface area (Å²) in [4.78, 5) is 34.8. The lowest BCUT2D eigenvalue weighted by molar-refractivity contribution is -0.134. The summed E-state index contributed by atoms with van der Waals surface area (Å²) >= 11 is 1.64. The molecule has 0 spiro atoms. The molecule has 0 aromatic carbocycles. The molecule has 3 fully saturated rings. The number of carbonyl (C=O) groups is 2. The highest BCUT2D eigenvalue weighted by molar-refractivity contribution is 7.09. The number of hydrogen-bond donors (Lipinski definition) is 0. The van der Waals surface area contributed by atoms with E-state index in [0.29, 0.717) is 30.1 Å². The number of nitrogens with zero attached hydrogens (tertiary/aromatic N) is 3. The zero-order chi connectivity index (χ0) is 21.3. The Bertz CT molecular complexity index is 751. The molecule has 2 amide bonds. The third kappa shape index (κ3) is 5.24. The van der Waals surface area contributed by atoms with Gasteiger partial charge in [-0.2, -0.15) is 0 Å². The zero-order valence-corrected chi connectivity index (χ0v) is 19.7. The van der Waals surface area contributed by atoms with Gasteiger partial charge >= 0.3 is 0 Å². The Balaban J connectivity index is 1.36. The number of aromatic nitrogens is 1. The van der Waals surface area contributed by atoms with Crippen LogP contribution in [0.25, 0.3) is 0 Å². The summed E-state index contributed by atoms with van der Waals surface area (Å²) in [6, 6.07) is 0.865. The monoisotopic (exact) mass is 431 g/mol. The lowest BCUT2D eigenvalue weighted by atomic mass is 9.90. The van der Waals surface area contributed by atoms with E-state index in [2.05, 4.69) is 25.7 Å². The molecule has 0 radical (unpaired) electrons. The molecular formula is C24H37N3O2S. The summed E-state index contributed by atoms with van der Waals surface area (Å²) < 4.78 is 0. The Hall–Kier alpha value is -1.43. The average molecular weight is 432 g/mol. The van der Waals surface area contributed by atoms with Gasteiger partial charge in [0.25, 0.3) is 5.91 Å². The van der Waals surface area contributed by atoms with E-state index in [1.807, 2.05) is 10.3 Å². The van der Waals surface area contributed by atoms with E-state index < -0.39 is 0 Å². The van der Waals surface area contributed by atoms with Gasteiger partial charge in [-0.1, -0.05) is 40.0 Å². The summed E-state index contributed by atoms with van der Waals surface area (Å²) in [5.74, 6) is 0.799. The fraction of sp³-hybridized carbons (Fsp3) is 0.792. The minimum Gasteiger partial charge on any atom is -0.343 e. The van der Waals surface area contributed by atoms with E-state index in [0.717, 1.165) is 56.6 Å². The van der Waals surface area contributed by atoms with Crippen molar-refractivity contribution >= 4 is 23.2 Å². The van der Waals surface area contributed by atoms with Crippen molar-refractivity contribution in [2.75, 3.05) is 13.1 Å². The normalized spacial score (nSPS) is 21.6. The maximum absolute atomic E-state index is 13.3. The molecule has 1 aliphatic heterocycles. The van der Waals surface area contributed by atoms with Crippen molar-refractivity contribution in [2.45, 2.75) is 103 Å². The molecule has 2 aliphatic carbocycles. The first-order valence-electron chi connectivity index (χ1n) is 11.9. The van der Waals surface area contributed by atoms with Crippen molar-refractivity contribution < 1.29 is 9.59 Å². The van der Waals surface area contributed by atoms with Gasteiger partial charge < -0.3 is 9.80 Å². The second kappa shape index (κ2) is 8.97. The van der Waals surface area contributed by atoms with Gasteiger partial charge in [-0.3, -0.25) is 9.59 Å². The summed E-state index contributed by atoms with van der Waals surface area (Å²) in [7, 11) is 0. The molecule has 2 saturated carbocycles. The second-order valence-corrected chi connectivity index (χ2v) is 11.6. The smallest absolute Gasteiger partial charge is 0.273 e. The standard InChI is InChI=1S/C24H37N3O2S/c1-24(2,3)15-21(28)26-13-11-17(12-14-26)22-25-20(16-30-22)23(29)27(19-9-10-19)18-7-5-4-6-8-18/h16-19H,4-15H2,1-3H3. The molecule has 4 rings (SSSR count). The number of thiazole rings is 1. The second-order valence-electron chi connectivity index (χ2n) is 10.7. The van der Waals surface area contributed by atoms with E-state index in [4.69, 9.17) is 4.98 Å². The van der Waals surface area contributed by atoms with E-state index >= 15 is 0 Å². The largest absolute Gasteiger partial charge is 0.343 e. The third-order valence-electron chi connectivity index (χ3n) is 6.76. The van der Waals surface area contributed by atoms with Gasteiger partial charge in [0.2, 0.25) is 5.91 Å². The molecule has 2 heterocycles.